The lowest BCUT2D eigenvalue weighted by atomic mass is 9.97. The maximum atomic E-state index is 12.7. The van der Waals surface area contributed by atoms with E-state index in [0.29, 0.717) is 19.5 Å². The minimum atomic E-state index is -1.01. The van der Waals surface area contributed by atoms with Gasteiger partial charge in [0.2, 0.25) is 5.91 Å². The summed E-state index contributed by atoms with van der Waals surface area (Å²) in [5.74, 6) is -0.909. The molecule has 1 saturated heterocycles. The highest BCUT2D eigenvalue weighted by Crippen LogP contribution is 2.44. The Kier molecular flexibility index (Phi) is 6.72. The predicted octanol–water partition coefficient (Wildman–Crippen LogP) is 3.40. The number of aliphatic carboxylic acids is 1. The molecule has 184 valence electrons. The number of alkyl carbamates (subject to hydrolysis) is 1. The van der Waals surface area contributed by atoms with Crippen molar-refractivity contribution in [1.82, 2.24) is 10.2 Å². The zero-order valence-electron chi connectivity index (χ0n) is 19.5. The topological polar surface area (TPSA) is 105 Å². The molecule has 2 fully saturated rings. The van der Waals surface area contributed by atoms with Gasteiger partial charge in [-0.25, -0.2) is 9.59 Å². The third-order valence-corrected chi connectivity index (χ3v) is 7.39. The highest BCUT2D eigenvalue weighted by molar-refractivity contribution is 5.79. The summed E-state index contributed by atoms with van der Waals surface area (Å²) in [6.07, 6.45) is 2.37. The predicted molar refractivity (Wildman–Crippen MR) is 128 cm³/mol. The van der Waals surface area contributed by atoms with E-state index in [9.17, 15) is 14.4 Å². The number of carboxylic acid groups (broad SMARTS) is 1. The van der Waals surface area contributed by atoms with Gasteiger partial charge in [-0.1, -0.05) is 55.0 Å². The molecule has 0 aromatic heterocycles. The summed E-state index contributed by atoms with van der Waals surface area (Å²) in [7, 11) is 0. The fourth-order valence-electron chi connectivity index (χ4n) is 5.55. The molecule has 1 saturated carbocycles. The number of ether oxygens (including phenoxy) is 2. The van der Waals surface area contributed by atoms with E-state index in [1.54, 1.807) is 4.90 Å². The zero-order chi connectivity index (χ0) is 24.4. The molecule has 2 aromatic carbocycles. The Hall–Kier alpha value is -3.39. The molecular weight excluding hydrogens is 448 g/mol. The minimum Gasteiger partial charge on any atom is -0.480 e. The van der Waals surface area contributed by atoms with Crippen molar-refractivity contribution < 1.29 is 29.0 Å². The van der Waals surface area contributed by atoms with Gasteiger partial charge in [0, 0.05) is 31.5 Å². The molecule has 2 unspecified atom stereocenters. The van der Waals surface area contributed by atoms with Crippen LogP contribution in [0.25, 0.3) is 11.1 Å². The lowest BCUT2D eigenvalue weighted by Gasteiger charge is -2.39. The first-order valence-electron chi connectivity index (χ1n) is 12.2. The van der Waals surface area contributed by atoms with Gasteiger partial charge in [0.1, 0.15) is 13.2 Å². The third-order valence-electron chi connectivity index (χ3n) is 7.39. The lowest BCUT2D eigenvalue weighted by molar-refractivity contribution is -0.154. The van der Waals surface area contributed by atoms with Crippen LogP contribution in [0.2, 0.25) is 0 Å². The number of nitrogens with zero attached hydrogens (tertiary/aromatic N) is 1. The molecule has 2 aromatic rings. The second-order valence-corrected chi connectivity index (χ2v) is 9.60. The van der Waals surface area contributed by atoms with E-state index < -0.39 is 12.1 Å². The van der Waals surface area contributed by atoms with Gasteiger partial charge in [-0.3, -0.25) is 4.79 Å². The maximum Gasteiger partial charge on any atom is 0.407 e. The van der Waals surface area contributed by atoms with E-state index in [0.717, 1.165) is 19.3 Å². The summed E-state index contributed by atoms with van der Waals surface area (Å²) in [5.41, 5.74) is 4.72. The fourth-order valence-corrected chi connectivity index (χ4v) is 5.55. The van der Waals surface area contributed by atoms with Gasteiger partial charge in [-0.2, -0.15) is 0 Å². The summed E-state index contributed by atoms with van der Waals surface area (Å²) in [6, 6.07) is 16.4. The van der Waals surface area contributed by atoms with Crippen LogP contribution in [0.5, 0.6) is 0 Å². The van der Waals surface area contributed by atoms with Crippen molar-refractivity contribution in [3.8, 4) is 11.1 Å². The first-order chi connectivity index (χ1) is 17.0. The average Bonchev–Trinajstić information content (AvgIpc) is 3.38. The number of amides is 2. The number of carbonyl (C=O) groups excluding carboxylic acids is 2. The highest BCUT2D eigenvalue weighted by atomic mass is 16.5. The average molecular weight is 479 g/mol. The van der Waals surface area contributed by atoms with Crippen LogP contribution in [0, 0.1) is 5.92 Å². The Morgan fingerprint density at radius 2 is 1.63 bits per heavy atom. The van der Waals surface area contributed by atoms with Crippen LogP contribution in [0.4, 0.5) is 4.79 Å². The van der Waals surface area contributed by atoms with Crippen LogP contribution in [0.15, 0.2) is 48.5 Å². The van der Waals surface area contributed by atoms with Gasteiger partial charge in [0.15, 0.2) is 0 Å². The van der Waals surface area contributed by atoms with Gasteiger partial charge >= 0.3 is 12.1 Å². The molecule has 1 heterocycles. The molecule has 1 aliphatic heterocycles. The standard InChI is InChI=1S/C27H30N2O6/c30-25(29-13-18(14-29)34-16-26(31)32)12-17-6-5-11-24(17)28-27(33)35-15-23-21-9-3-1-7-19(21)20-8-2-4-10-22(20)23/h1-4,7-10,17-18,23-24H,5-6,11-16H2,(H,28,33)(H,31,32). The number of hydrogen-bond donors (Lipinski definition) is 2. The minimum absolute atomic E-state index is 0.0109. The zero-order valence-corrected chi connectivity index (χ0v) is 19.5. The number of nitrogens with one attached hydrogen (secondary N) is 1. The quantitative estimate of drug-likeness (QED) is 0.603. The van der Waals surface area contributed by atoms with Crippen LogP contribution in [-0.2, 0) is 19.1 Å². The molecule has 8 heteroatoms. The second-order valence-electron chi connectivity index (χ2n) is 9.60. The van der Waals surface area contributed by atoms with Gasteiger partial charge < -0.3 is 24.8 Å². The van der Waals surface area contributed by atoms with Gasteiger partial charge in [-0.15, -0.1) is 0 Å². The molecule has 2 aliphatic carbocycles. The van der Waals surface area contributed by atoms with Crippen LogP contribution in [0.3, 0.4) is 0 Å². The highest BCUT2D eigenvalue weighted by Gasteiger charge is 2.36. The second kappa shape index (κ2) is 10.1. The Bertz CT molecular complexity index is 1070. The Morgan fingerprint density at radius 1 is 0.971 bits per heavy atom. The van der Waals surface area contributed by atoms with Gasteiger partial charge in [-0.05, 0) is 41.0 Å². The molecule has 2 N–H and O–H groups in total. The summed E-state index contributed by atoms with van der Waals surface area (Å²) in [5, 5.41) is 11.7. The molecule has 5 rings (SSSR count). The van der Waals surface area contributed by atoms with Crippen molar-refractivity contribution >= 4 is 18.0 Å². The summed E-state index contributed by atoms with van der Waals surface area (Å²) >= 11 is 0. The number of carbonyl (C=O) groups is 3. The van der Waals surface area contributed by atoms with E-state index in [-0.39, 0.29) is 43.1 Å². The number of fused-ring (bicyclic) bond motifs is 3. The van der Waals surface area contributed by atoms with Gasteiger partial charge in [0.05, 0.1) is 6.10 Å². The summed E-state index contributed by atoms with van der Waals surface area (Å²) in [4.78, 5) is 37.6. The molecule has 0 radical (unpaired) electrons. The van der Waals surface area contributed by atoms with Crippen molar-refractivity contribution in [3.05, 3.63) is 59.7 Å². The first kappa shape index (κ1) is 23.4. The van der Waals surface area contributed by atoms with Crippen LogP contribution in [0.1, 0.15) is 42.7 Å². The third kappa shape index (κ3) is 5.03. The van der Waals surface area contributed by atoms with E-state index in [1.165, 1.54) is 22.3 Å². The molecule has 2 amide bonds. The molecule has 8 nitrogen and oxygen atoms in total. The monoisotopic (exact) mass is 478 g/mol. The first-order valence-corrected chi connectivity index (χ1v) is 12.2. The SMILES string of the molecule is O=C(O)COC1CN(C(=O)CC2CCCC2NC(=O)OCC2c3ccccc3-c3ccccc32)C1. The number of hydrogen-bond acceptors (Lipinski definition) is 5. The van der Waals surface area contributed by atoms with Crippen LogP contribution < -0.4 is 5.32 Å². The number of likely N-dealkylation sites (tertiary alicyclic amines) is 1. The van der Waals surface area contributed by atoms with Crippen molar-refractivity contribution in [1.29, 1.82) is 0 Å². The van der Waals surface area contributed by atoms with Crippen LogP contribution in [-0.4, -0.2) is 66.4 Å². The number of carboxylic acids is 1. The largest absolute Gasteiger partial charge is 0.480 e. The molecule has 3 aliphatic rings. The Morgan fingerprint density at radius 3 is 2.29 bits per heavy atom. The van der Waals surface area contributed by atoms with Crippen molar-refractivity contribution in [3.63, 3.8) is 0 Å². The molecule has 0 spiro atoms. The molecular formula is C27H30N2O6. The van der Waals surface area contributed by atoms with Crippen molar-refractivity contribution in [2.45, 2.75) is 43.7 Å². The van der Waals surface area contributed by atoms with Crippen molar-refractivity contribution in [2.24, 2.45) is 5.92 Å². The Labute approximate surface area is 204 Å². The van der Waals surface area contributed by atoms with E-state index in [4.69, 9.17) is 14.6 Å². The smallest absolute Gasteiger partial charge is 0.407 e. The maximum absolute atomic E-state index is 12.7. The van der Waals surface area contributed by atoms with Crippen LogP contribution >= 0.6 is 0 Å². The van der Waals surface area contributed by atoms with Crippen molar-refractivity contribution in [2.75, 3.05) is 26.3 Å². The fraction of sp³-hybridized carbons (Fsp3) is 0.444. The Balaban J connectivity index is 1.11. The van der Waals surface area contributed by atoms with E-state index in [2.05, 4.69) is 29.6 Å². The number of rotatable bonds is 8. The number of benzene rings is 2. The van der Waals surface area contributed by atoms with E-state index in [1.807, 2.05) is 24.3 Å². The summed E-state index contributed by atoms with van der Waals surface area (Å²) in [6.45, 7) is 0.760. The lowest BCUT2D eigenvalue weighted by Crippen LogP contribution is -2.55. The molecule has 0 bridgehead atoms. The summed E-state index contributed by atoms with van der Waals surface area (Å²) < 4.78 is 10.9. The van der Waals surface area contributed by atoms with Gasteiger partial charge in [0.25, 0.3) is 0 Å². The molecule has 2 atom stereocenters. The van der Waals surface area contributed by atoms with E-state index >= 15 is 0 Å². The normalized spacial score (nSPS) is 21.2. The molecule has 35 heavy (non-hydrogen) atoms.